The Bertz CT molecular complexity index is 1360. The molecule has 0 unspecified atom stereocenters. The van der Waals surface area contributed by atoms with Crippen molar-refractivity contribution in [3.63, 3.8) is 0 Å². The SMILES string of the molecule is CCOc1cc2occ(-c3ccc(F)cc3)c2cc1/C(C)=C/C(=O)Nc1ccc(F)c(Cl)c1. The van der Waals surface area contributed by atoms with Crippen molar-refractivity contribution in [2.75, 3.05) is 11.9 Å². The summed E-state index contributed by atoms with van der Waals surface area (Å²) in [4.78, 5) is 12.6. The third-order valence-corrected chi connectivity index (χ3v) is 5.38. The maximum absolute atomic E-state index is 13.4. The van der Waals surface area contributed by atoms with Crippen LogP contribution in [-0.4, -0.2) is 12.5 Å². The van der Waals surface area contributed by atoms with Gasteiger partial charge < -0.3 is 14.5 Å². The molecule has 168 valence electrons. The van der Waals surface area contributed by atoms with Crippen LogP contribution in [0.4, 0.5) is 14.5 Å². The van der Waals surface area contributed by atoms with Gasteiger partial charge in [0, 0.05) is 34.3 Å². The summed E-state index contributed by atoms with van der Waals surface area (Å²) in [7, 11) is 0. The number of carbonyl (C=O) groups excluding carboxylic acids is 1. The van der Waals surface area contributed by atoms with Crippen molar-refractivity contribution in [2.24, 2.45) is 0 Å². The second kappa shape index (κ2) is 9.46. The van der Waals surface area contributed by atoms with Crippen molar-refractivity contribution in [2.45, 2.75) is 13.8 Å². The number of ether oxygens (including phenoxy) is 1. The second-order valence-electron chi connectivity index (χ2n) is 7.38. The number of carbonyl (C=O) groups is 1. The van der Waals surface area contributed by atoms with Crippen molar-refractivity contribution < 1.29 is 22.7 Å². The summed E-state index contributed by atoms with van der Waals surface area (Å²) in [6.07, 6.45) is 3.04. The molecule has 0 aliphatic heterocycles. The first-order valence-electron chi connectivity index (χ1n) is 10.2. The van der Waals surface area contributed by atoms with Gasteiger partial charge in [0.05, 0.1) is 17.9 Å². The summed E-state index contributed by atoms with van der Waals surface area (Å²) in [5, 5.41) is 3.40. The standard InChI is InChI=1S/C26H20ClF2NO3/c1-3-32-24-13-25-20(21(14-33-25)16-4-6-17(28)7-5-16)12-19(24)15(2)10-26(31)30-18-8-9-23(29)22(27)11-18/h4-14H,3H2,1-2H3,(H,30,31)/b15-10+. The average molecular weight is 468 g/mol. The minimum absolute atomic E-state index is 0.0779. The maximum atomic E-state index is 13.4. The maximum Gasteiger partial charge on any atom is 0.248 e. The molecule has 0 saturated carbocycles. The molecule has 3 aromatic carbocycles. The number of furan rings is 1. The number of benzene rings is 3. The van der Waals surface area contributed by atoms with E-state index >= 15 is 0 Å². The van der Waals surface area contributed by atoms with Crippen LogP contribution in [0, 0.1) is 11.6 Å². The highest BCUT2D eigenvalue weighted by molar-refractivity contribution is 6.31. The number of anilines is 1. The molecule has 7 heteroatoms. The van der Waals surface area contributed by atoms with E-state index in [4.69, 9.17) is 20.8 Å². The Hall–Kier alpha value is -3.64. The minimum atomic E-state index is -0.562. The van der Waals surface area contributed by atoms with E-state index in [1.54, 1.807) is 31.4 Å². The molecular formula is C26H20ClF2NO3. The van der Waals surface area contributed by atoms with Crippen molar-refractivity contribution in [3.8, 4) is 16.9 Å². The van der Waals surface area contributed by atoms with Gasteiger partial charge in [0.1, 0.15) is 23.0 Å². The lowest BCUT2D eigenvalue weighted by Crippen LogP contribution is -2.09. The van der Waals surface area contributed by atoms with Crippen LogP contribution in [0.25, 0.3) is 27.7 Å². The molecule has 1 amide bonds. The van der Waals surface area contributed by atoms with Gasteiger partial charge in [-0.25, -0.2) is 8.78 Å². The van der Waals surface area contributed by atoms with Crippen LogP contribution < -0.4 is 10.1 Å². The summed E-state index contributed by atoms with van der Waals surface area (Å²) in [5.74, 6) is -0.716. The molecule has 33 heavy (non-hydrogen) atoms. The van der Waals surface area contributed by atoms with Crippen LogP contribution in [0.1, 0.15) is 19.4 Å². The minimum Gasteiger partial charge on any atom is -0.493 e. The van der Waals surface area contributed by atoms with Gasteiger partial charge in [-0.1, -0.05) is 23.7 Å². The Morgan fingerprint density at radius 3 is 2.58 bits per heavy atom. The number of nitrogens with one attached hydrogen (secondary N) is 1. The molecule has 0 bridgehead atoms. The fourth-order valence-corrected chi connectivity index (χ4v) is 3.70. The number of hydrogen-bond donors (Lipinski definition) is 1. The van der Waals surface area contributed by atoms with Crippen molar-refractivity contribution in [3.05, 3.63) is 89.2 Å². The third kappa shape index (κ3) is 4.91. The summed E-state index contributed by atoms with van der Waals surface area (Å²) in [5.41, 5.74) is 3.95. The van der Waals surface area contributed by atoms with Gasteiger partial charge in [-0.05, 0) is 61.4 Å². The summed E-state index contributed by atoms with van der Waals surface area (Å²) in [6.45, 7) is 4.08. The van der Waals surface area contributed by atoms with Crippen LogP contribution >= 0.6 is 11.6 Å². The fourth-order valence-electron chi connectivity index (χ4n) is 3.52. The molecule has 0 atom stereocenters. The molecule has 4 nitrogen and oxygen atoms in total. The smallest absolute Gasteiger partial charge is 0.248 e. The highest BCUT2D eigenvalue weighted by Gasteiger charge is 2.15. The lowest BCUT2D eigenvalue weighted by Gasteiger charge is -2.12. The van der Waals surface area contributed by atoms with Gasteiger partial charge in [-0.15, -0.1) is 0 Å². The fraction of sp³-hybridized carbons (Fsp3) is 0.115. The molecule has 0 aliphatic rings. The van der Waals surface area contributed by atoms with E-state index in [1.165, 1.54) is 36.4 Å². The van der Waals surface area contributed by atoms with E-state index in [1.807, 2.05) is 13.0 Å². The Kier molecular flexibility index (Phi) is 6.47. The average Bonchev–Trinajstić information content (AvgIpc) is 3.19. The first-order valence-corrected chi connectivity index (χ1v) is 10.6. The molecule has 1 N–H and O–H groups in total. The van der Waals surface area contributed by atoms with Gasteiger partial charge in [-0.3, -0.25) is 4.79 Å². The lowest BCUT2D eigenvalue weighted by molar-refractivity contribution is -0.111. The molecule has 4 aromatic rings. The van der Waals surface area contributed by atoms with Crippen LogP contribution in [-0.2, 0) is 4.79 Å². The number of allylic oxidation sites excluding steroid dienone is 1. The predicted octanol–water partition coefficient (Wildman–Crippen LogP) is 7.47. The lowest BCUT2D eigenvalue weighted by atomic mass is 9.99. The van der Waals surface area contributed by atoms with E-state index < -0.39 is 11.7 Å². The zero-order valence-corrected chi connectivity index (χ0v) is 18.7. The van der Waals surface area contributed by atoms with Gasteiger partial charge in [-0.2, -0.15) is 0 Å². The summed E-state index contributed by atoms with van der Waals surface area (Å²) >= 11 is 5.79. The third-order valence-electron chi connectivity index (χ3n) is 5.09. The van der Waals surface area contributed by atoms with Crippen LogP contribution in [0.15, 0.2) is 71.4 Å². The van der Waals surface area contributed by atoms with Crippen molar-refractivity contribution in [1.29, 1.82) is 0 Å². The monoisotopic (exact) mass is 467 g/mol. The zero-order chi connectivity index (χ0) is 23.5. The Balaban J connectivity index is 1.71. The molecule has 1 heterocycles. The Morgan fingerprint density at radius 2 is 1.88 bits per heavy atom. The Labute approximate surface area is 194 Å². The highest BCUT2D eigenvalue weighted by atomic mass is 35.5. The number of halogens is 3. The largest absolute Gasteiger partial charge is 0.493 e. The zero-order valence-electron chi connectivity index (χ0n) is 17.9. The molecule has 0 aliphatic carbocycles. The molecule has 0 spiro atoms. The van der Waals surface area contributed by atoms with Gasteiger partial charge >= 0.3 is 0 Å². The summed E-state index contributed by atoms with van der Waals surface area (Å²) < 4.78 is 38.2. The quantitative estimate of drug-likeness (QED) is 0.299. The van der Waals surface area contributed by atoms with Crippen molar-refractivity contribution >= 4 is 39.7 Å². The number of hydrogen-bond acceptors (Lipinski definition) is 3. The molecule has 1 aromatic heterocycles. The van der Waals surface area contributed by atoms with Crippen LogP contribution in [0.2, 0.25) is 5.02 Å². The Morgan fingerprint density at radius 1 is 1.12 bits per heavy atom. The van der Waals surface area contributed by atoms with Crippen LogP contribution in [0.3, 0.4) is 0 Å². The first kappa shape index (κ1) is 22.6. The second-order valence-corrected chi connectivity index (χ2v) is 7.79. The number of rotatable bonds is 6. The van der Waals surface area contributed by atoms with Gasteiger partial charge in [0.15, 0.2) is 0 Å². The first-order chi connectivity index (χ1) is 15.9. The highest BCUT2D eigenvalue weighted by Crippen LogP contribution is 2.37. The molecule has 0 fully saturated rings. The van der Waals surface area contributed by atoms with Crippen molar-refractivity contribution in [1.82, 2.24) is 0 Å². The van der Waals surface area contributed by atoms with E-state index in [9.17, 15) is 13.6 Å². The van der Waals surface area contributed by atoms with Gasteiger partial charge in [0.2, 0.25) is 5.91 Å². The van der Waals surface area contributed by atoms with Gasteiger partial charge in [0.25, 0.3) is 0 Å². The van der Waals surface area contributed by atoms with E-state index in [-0.39, 0.29) is 10.8 Å². The normalized spacial score (nSPS) is 11.6. The van der Waals surface area contributed by atoms with Crippen LogP contribution in [0.5, 0.6) is 5.75 Å². The summed E-state index contributed by atoms with van der Waals surface area (Å²) in [6, 6.07) is 13.8. The molecular weight excluding hydrogens is 448 g/mol. The van der Waals surface area contributed by atoms with E-state index in [0.717, 1.165) is 16.5 Å². The molecule has 0 saturated heterocycles. The topological polar surface area (TPSA) is 51.5 Å². The van der Waals surface area contributed by atoms with E-state index in [2.05, 4.69) is 5.32 Å². The number of amides is 1. The number of fused-ring (bicyclic) bond motifs is 1. The van der Waals surface area contributed by atoms with E-state index in [0.29, 0.717) is 34.8 Å². The molecule has 4 rings (SSSR count). The predicted molar refractivity (Wildman–Crippen MR) is 126 cm³/mol. The molecule has 0 radical (unpaired) electrons.